The summed E-state index contributed by atoms with van der Waals surface area (Å²) in [6.07, 6.45) is 3.60. The van der Waals surface area contributed by atoms with Gasteiger partial charge in [-0.05, 0) is 24.6 Å². The number of ether oxygens (including phenoxy) is 1. The van der Waals surface area contributed by atoms with E-state index >= 15 is 0 Å². The van der Waals surface area contributed by atoms with Gasteiger partial charge in [-0.25, -0.2) is 9.78 Å². The van der Waals surface area contributed by atoms with Crippen LogP contribution in [0.2, 0.25) is 0 Å². The molecule has 29 heavy (non-hydrogen) atoms. The van der Waals surface area contributed by atoms with Gasteiger partial charge < -0.3 is 14.2 Å². The number of imidazole rings is 1. The Morgan fingerprint density at radius 3 is 2.59 bits per heavy atom. The first-order valence-electron chi connectivity index (χ1n) is 9.62. The normalized spacial score (nSPS) is 18.4. The van der Waals surface area contributed by atoms with Crippen molar-refractivity contribution >= 4 is 17.4 Å². The first-order valence-corrected chi connectivity index (χ1v) is 9.62. The summed E-state index contributed by atoms with van der Waals surface area (Å²) in [4.78, 5) is 32.9. The Morgan fingerprint density at radius 1 is 1.14 bits per heavy atom. The van der Waals surface area contributed by atoms with Gasteiger partial charge in [0.1, 0.15) is 11.7 Å². The van der Waals surface area contributed by atoms with Gasteiger partial charge in [0.2, 0.25) is 0 Å². The molecule has 0 amide bonds. The summed E-state index contributed by atoms with van der Waals surface area (Å²) in [5.41, 5.74) is 2.42. The molecular weight excluding hydrogens is 366 g/mol. The molecule has 1 aliphatic rings. The number of hydrogen-bond donors (Lipinski definition) is 0. The van der Waals surface area contributed by atoms with Crippen molar-refractivity contribution in [2.75, 3.05) is 19.1 Å². The third-order valence-corrected chi connectivity index (χ3v) is 5.60. The van der Waals surface area contributed by atoms with Crippen molar-refractivity contribution in [3.63, 3.8) is 0 Å². The Morgan fingerprint density at radius 2 is 1.90 bits per heavy atom. The van der Waals surface area contributed by atoms with Crippen molar-refractivity contribution in [3.05, 3.63) is 83.4 Å². The van der Waals surface area contributed by atoms with Crippen LogP contribution < -0.4 is 4.90 Å². The first kappa shape index (κ1) is 18.9. The number of methoxy groups -OCH3 is 1. The molecule has 3 aromatic rings. The maximum absolute atomic E-state index is 13.9. The van der Waals surface area contributed by atoms with Crippen LogP contribution in [0.1, 0.15) is 51.0 Å². The lowest BCUT2D eigenvalue weighted by atomic mass is 9.79. The van der Waals surface area contributed by atoms with E-state index in [2.05, 4.69) is 9.88 Å². The summed E-state index contributed by atoms with van der Waals surface area (Å²) in [6, 6.07) is 15.0. The molecule has 148 valence electrons. The molecular formula is C23H23N3O3. The molecule has 2 heterocycles. The molecule has 2 aromatic carbocycles. The second-order valence-corrected chi connectivity index (χ2v) is 7.07. The highest BCUT2D eigenvalue weighted by atomic mass is 16.5. The number of benzene rings is 2. The van der Waals surface area contributed by atoms with E-state index in [4.69, 9.17) is 4.74 Å². The number of fused-ring (bicyclic) bond motifs is 1. The zero-order valence-corrected chi connectivity index (χ0v) is 16.7. The molecule has 2 unspecified atom stereocenters. The number of Topliss-reactive ketones (excluding diaryl/α,β-unsaturated/α-hetero) is 1. The highest BCUT2D eigenvalue weighted by Crippen LogP contribution is 2.46. The molecule has 1 aromatic heterocycles. The van der Waals surface area contributed by atoms with Gasteiger partial charge >= 0.3 is 5.97 Å². The van der Waals surface area contributed by atoms with E-state index in [0.717, 1.165) is 11.3 Å². The van der Waals surface area contributed by atoms with Crippen molar-refractivity contribution in [2.24, 2.45) is 0 Å². The third kappa shape index (κ3) is 3.01. The first-order chi connectivity index (χ1) is 14.1. The van der Waals surface area contributed by atoms with E-state index in [1.165, 1.54) is 7.11 Å². The van der Waals surface area contributed by atoms with Crippen LogP contribution in [0.4, 0.5) is 5.69 Å². The molecule has 0 spiro atoms. The lowest BCUT2D eigenvalue weighted by molar-refractivity contribution is 0.0596. The number of anilines is 1. The van der Waals surface area contributed by atoms with Gasteiger partial charge in [-0.1, -0.05) is 36.4 Å². The number of esters is 1. The van der Waals surface area contributed by atoms with Crippen molar-refractivity contribution in [1.82, 2.24) is 9.55 Å². The lowest BCUT2D eigenvalue weighted by Gasteiger charge is -2.41. The fourth-order valence-electron chi connectivity index (χ4n) is 4.24. The molecule has 0 aliphatic carbocycles. The Hall–Kier alpha value is -3.41. The Balaban J connectivity index is 1.97. The van der Waals surface area contributed by atoms with Crippen LogP contribution >= 0.6 is 0 Å². The minimum atomic E-state index is -0.546. The number of ketones is 1. The van der Waals surface area contributed by atoms with Gasteiger partial charge in [0.05, 0.1) is 24.3 Å². The number of nitrogens with zero attached hydrogens (tertiary/aromatic N) is 3. The lowest BCUT2D eigenvalue weighted by Crippen LogP contribution is -2.40. The zero-order valence-electron chi connectivity index (χ0n) is 16.7. The van der Waals surface area contributed by atoms with Crippen molar-refractivity contribution in [3.8, 4) is 0 Å². The molecule has 0 bridgehead atoms. The fraction of sp³-hybridized carbons (Fsp3) is 0.261. The predicted molar refractivity (Wildman–Crippen MR) is 110 cm³/mol. The van der Waals surface area contributed by atoms with Crippen molar-refractivity contribution in [1.29, 1.82) is 0 Å². The summed E-state index contributed by atoms with van der Waals surface area (Å²) in [6.45, 7) is 2.73. The predicted octanol–water partition coefficient (Wildman–Crippen LogP) is 3.85. The summed E-state index contributed by atoms with van der Waals surface area (Å²) < 4.78 is 6.92. The quantitative estimate of drug-likeness (QED) is 0.634. The Kier molecular flexibility index (Phi) is 4.92. The van der Waals surface area contributed by atoms with Crippen LogP contribution in [0.3, 0.4) is 0 Å². The summed E-state index contributed by atoms with van der Waals surface area (Å²) in [5.74, 6) is -0.479. The average molecular weight is 389 g/mol. The van der Waals surface area contributed by atoms with Crippen LogP contribution in [0.5, 0.6) is 0 Å². The molecule has 0 radical (unpaired) electrons. The van der Waals surface area contributed by atoms with Crippen molar-refractivity contribution < 1.29 is 14.3 Å². The van der Waals surface area contributed by atoms with Crippen LogP contribution in [-0.2, 0) is 11.3 Å². The van der Waals surface area contributed by atoms with E-state index in [9.17, 15) is 9.59 Å². The summed E-state index contributed by atoms with van der Waals surface area (Å²) >= 11 is 0. The highest BCUT2D eigenvalue weighted by Gasteiger charge is 2.44. The van der Waals surface area contributed by atoms with E-state index in [1.54, 1.807) is 18.3 Å². The number of hydrogen-bond acceptors (Lipinski definition) is 5. The SMILES string of the molecule is CCn1ccnc1C1C(=O)c2c(C(=O)OC)cccc2N(C)C1c1ccccc1. The minimum absolute atomic E-state index is 0.117. The van der Waals surface area contributed by atoms with Crippen LogP contribution in [0.25, 0.3) is 0 Å². The number of carbonyl (C=O) groups is 2. The number of likely N-dealkylation sites (N-methyl/N-ethyl adjacent to an activating group) is 1. The molecule has 2 atom stereocenters. The zero-order chi connectivity index (χ0) is 20.5. The Bertz CT molecular complexity index is 1060. The molecule has 4 rings (SSSR count). The van der Waals surface area contributed by atoms with Gasteiger partial charge in [-0.15, -0.1) is 0 Å². The van der Waals surface area contributed by atoms with E-state index in [0.29, 0.717) is 17.9 Å². The standard InChI is InChI=1S/C23H23N3O3/c1-4-26-14-13-24-22(26)19-20(15-9-6-5-7-10-15)25(2)17-12-8-11-16(23(28)29-3)18(17)21(19)27/h5-14,19-20H,4H2,1-3H3. The van der Waals surface area contributed by atoms with Crippen molar-refractivity contribution in [2.45, 2.75) is 25.4 Å². The topological polar surface area (TPSA) is 64.4 Å². The number of aromatic nitrogens is 2. The second-order valence-electron chi connectivity index (χ2n) is 7.07. The highest BCUT2D eigenvalue weighted by molar-refractivity contribution is 6.14. The van der Waals surface area contributed by atoms with E-state index in [1.807, 2.05) is 61.1 Å². The number of carbonyl (C=O) groups excluding carboxylic acids is 2. The van der Waals surface area contributed by atoms with Gasteiger partial charge in [0.15, 0.2) is 5.78 Å². The van der Waals surface area contributed by atoms with Gasteiger partial charge in [0, 0.05) is 31.7 Å². The Labute approximate surface area is 169 Å². The van der Waals surface area contributed by atoms with E-state index in [-0.39, 0.29) is 17.4 Å². The van der Waals surface area contributed by atoms with Crippen LogP contribution in [0.15, 0.2) is 60.9 Å². The number of aryl methyl sites for hydroxylation is 1. The molecule has 0 N–H and O–H groups in total. The molecule has 0 saturated heterocycles. The van der Waals surface area contributed by atoms with E-state index < -0.39 is 11.9 Å². The smallest absolute Gasteiger partial charge is 0.338 e. The largest absolute Gasteiger partial charge is 0.465 e. The second kappa shape index (κ2) is 7.54. The maximum Gasteiger partial charge on any atom is 0.338 e. The number of rotatable bonds is 4. The fourth-order valence-corrected chi connectivity index (χ4v) is 4.24. The average Bonchev–Trinajstić information content (AvgIpc) is 3.23. The summed E-state index contributed by atoms with van der Waals surface area (Å²) in [5, 5.41) is 0. The van der Waals surface area contributed by atoms with Gasteiger partial charge in [0.25, 0.3) is 0 Å². The van der Waals surface area contributed by atoms with Gasteiger partial charge in [-0.2, -0.15) is 0 Å². The molecule has 6 nitrogen and oxygen atoms in total. The molecule has 6 heteroatoms. The molecule has 0 fully saturated rings. The van der Waals surface area contributed by atoms with Crippen LogP contribution in [-0.4, -0.2) is 35.5 Å². The molecule has 1 aliphatic heterocycles. The minimum Gasteiger partial charge on any atom is -0.465 e. The maximum atomic E-state index is 13.9. The van der Waals surface area contributed by atoms with Gasteiger partial charge in [-0.3, -0.25) is 4.79 Å². The van der Waals surface area contributed by atoms with Crippen LogP contribution in [0, 0.1) is 0 Å². The monoisotopic (exact) mass is 389 g/mol. The summed E-state index contributed by atoms with van der Waals surface area (Å²) in [7, 11) is 3.28. The third-order valence-electron chi connectivity index (χ3n) is 5.60. The molecule has 0 saturated carbocycles.